The zero-order valence-corrected chi connectivity index (χ0v) is 11.8. The van der Waals surface area contributed by atoms with Crippen molar-refractivity contribution in [3.8, 4) is 0 Å². The van der Waals surface area contributed by atoms with Gasteiger partial charge in [0.25, 0.3) is 0 Å². The summed E-state index contributed by atoms with van der Waals surface area (Å²) in [5.41, 5.74) is 0. The average Bonchev–Trinajstić information content (AvgIpc) is 2.39. The summed E-state index contributed by atoms with van der Waals surface area (Å²) in [7, 11) is 0. The maximum absolute atomic E-state index is 11.7. The standard InChI is InChI=1S/C14H27NO3/c1-3-5-10-17-11-9-15-8-6-7-13(12-15)14(16)18-4-2/h13H,3-12H2,1-2H3/t13-/m0/s1. The van der Waals surface area contributed by atoms with Crippen molar-refractivity contribution in [2.45, 2.75) is 39.5 Å². The third-order valence-electron chi connectivity index (χ3n) is 3.32. The van der Waals surface area contributed by atoms with Crippen LogP contribution < -0.4 is 0 Å². The van der Waals surface area contributed by atoms with E-state index in [0.717, 1.165) is 52.1 Å². The van der Waals surface area contributed by atoms with Gasteiger partial charge in [-0.3, -0.25) is 4.79 Å². The van der Waals surface area contributed by atoms with Gasteiger partial charge in [0.1, 0.15) is 0 Å². The molecule has 0 aromatic heterocycles. The first-order valence-corrected chi connectivity index (χ1v) is 7.24. The Labute approximate surface area is 111 Å². The van der Waals surface area contributed by atoms with Gasteiger partial charge in [-0.05, 0) is 32.7 Å². The van der Waals surface area contributed by atoms with Gasteiger partial charge >= 0.3 is 5.97 Å². The molecule has 0 saturated carbocycles. The topological polar surface area (TPSA) is 38.8 Å². The number of unbranched alkanes of at least 4 members (excludes halogenated alkanes) is 1. The van der Waals surface area contributed by atoms with Crippen molar-refractivity contribution >= 4 is 5.97 Å². The summed E-state index contributed by atoms with van der Waals surface area (Å²) in [6, 6.07) is 0. The van der Waals surface area contributed by atoms with E-state index in [-0.39, 0.29) is 11.9 Å². The first-order chi connectivity index (χ1) is 8.77. The first-order valence-electron chi connectivity index (χ1n) is 7.24. The van der Waals surface area contributed by atoms with Crippen molar-refractivity contribution in [3.63, 3.8) is 0 Å². The molecule has 0 amide bonds. The highest BCUT2D eigenvalue weighted by atomic mass is 16.5. The summed E-state index contributed by atoms with van der Waals surface area (Å²) in [4.78, 5) is 14.0. The largest absolute Gasteiger partial charge is 0.466 e. The van der Waals surface area contributed by atoms with Crippen LogP contribution in [0, 0.1) is 5.92 Å². The molecule has 1 aliphatic rings. The normalized spacial score (nSPS) is 20.9. The highest BCUT2D eigenvalue weighted by Crippen LogP contribution is 2.17. The highest BCUT2D eigenvalue weighted by Gasteiger charge is 2.26. The number of likely N-dealkylation sites (tertiary alicyclic amines) is 1. The van der Waals surface area contributed by atoms with Crippen molar-refractivity contribution in [1.82, 2.24) is 4.90 Å². The molecular weight excluding hydrogens is 230 g/mol. The lowest BCUT2D eigenvalue weighted by Gasteiger charge is -2.31. The summed E-state index contributed by atoms with van der Waals surface area (Å²) in [6.45, 7) is 8.97. The molecule has 0 N–H and O–H groups in total. The van der Waals surface area contributed by atoms with Gasteiger partial charge in [-0.1, -0.05) is 13.3 Å². The second kappa shape index (κ2) is 9.34. The van der Waals surface area contributed by atoms with E-state index in [1.54, 1.807) is 0 Å². The van der Waals surface area contributed by atoms with Crippen LogP contribution in [0.4, 0.5) is 0 Å². The van der Waals surface area contributed by atoms with E-state index in [0.29, 0.717) is 6.61 Å². The van der Waals surface area contributed by atoms with Gasteiger partial charge in [0.2, 0.25) is 0 Å². The Morgan fingerprint density at radius 2 is 2.17 bits per heavy atom. The van der Waals surface area contributed by atoms with Crippen LogP contribution in [0.25, 0.3) is 0 Å². The minimum atomic E-state index is -0.0332. The number of ether oxygens (including phenoxy) is 2. The third kappa shape index (κ3) is 5.83. The molecule has 0 radical (unpaired) electrons. The van der Waals surface area contributed by atoms with Crippen LogP contribution in [0.3, 0.4) is 0 Å². The first kappa shape index (κ1) is 15.4. The Morgan fingerprint density at radius 3 is 2.89 bits per heavy atom. The Morgan fingerprint density at radius 1 is 1.33 bits per heavy atom. The number of hydrogen-bond donors (Lipinski definition) is 0. The number of rotatable bonds is 8. The van der Waals surface area contributed by atoms with Gasteiger partial charge in [-0.25, -0.2) is 0 Å². The van der Waals surface area contributed by atoms with E-state index in [1.165, 1.54) is 6.42 Å². The van der Waals surface area contributed by atoms with E-state index in [9.17, 15) is 4.79 Å². The molecule has 1 heterocycles. The predicted molar refractivity (Wildman–Crippen MR) is 71.5 cm³/mol. The van der Waals surface area contributed by atoms with Crippen LogP contribution in [-0.2, 0) is 14.3 Å². The number of carbonyl (C=O) groups excluding carboxylic acids is 1. The fraction of sp³-hybridized carbons (Fsp3) is 0.929. The summed E-state index contributed by atoms with van der Waals surface area (Å²) in [6.07, 6.45) is 4.35. The van der Waals surface area contributed by atoms with Crippen LogP contribution in [-0.4, -0.2) is 50.3 Å². The zero-order chi connectivity index (χ0) is 13.2. The maximum Gasteiger partial charge on any atom is 0.310 e. The SMILES string of the molecule is CCCCOCCN1CCC[C@H](C(=O)OCC)C1. The van der Waals surface area contributed by atoms with Gasteiger partial charge < -0.3 is 14.4 Å². The number of carbonyl (C=O) groups is 1. The summed E-state index contributed by atoms with van der Waals surface area (Å²) in [5.74, 6) is 0.0310. The molecule has 0 bridgehead atoms. The van der Waals surface area contributed by atoms with Gasteiger partial charge in [0, 0.05) is 19.7 Å². The molecule has 0 unspecified atom stereocenters. The van der Waals surface area contributed by atoms with E-state index in [1.807, 2.05) is 6.92 Å². The molecule has 0 aromatic rings. The Balaban J connectivity index is 2.16. The van der Waals surface area contributed by atoms with E-state index < -0.39 is 0 Å². The molecule has 0 aromatic carbocycles. The number of nitrogens with zero attached hydrogens (tertiary/aromatic N) is 1. The van der Waals surface area contributed by atoms with Crippen molar-refractivity contribution in [1.29, 1.82) is 0 Å². The third-order valence-corrected chi connectivity index (χ3v) is 3.32. The molecule has 1 atom stereocenters. The number of piperidine rings is 1. The molecular formula is C14H27NO3. The lowest BCUT2D eigenvalue weighted by atomic mass is 9.98. The number of hydrogen-bond acceptors (Lipinski definition) is 4. The molecule has 0 spiro atoms. The van der Waals surface area contributed by atoms with Gasteiger partial charge in [0.15, 0.2) is 0 Å². The van der Waals surface area contributed by atoms with Crippen molar-refractivity contribution < 1.29 is 14.3 Å². The van der Waals surface area contributed by atoms with Crippen LogP contribution in [0.2, 0.25) is 0 Å². The Hall–Kier alpha value is -0.610. The molecule has 106 valence electrons. The smallest absolute Gasteiger partial charge is 0.310 e. The quantitative estimate of drug-likeness (QED) is 0.493. The second-order valence-corrected chi connectivity index (χ2v) is 4.86. The van der Waals surface area contributed by atoms with Crippen LogP contribution >= 0.6 is 0 Å². The molecule has 4 nitrogen and oxygen atoms in total. The molecule has 0 aliphatic carbocycles. The Kier molecular flexibility index (Phi) is 8.01. The lowest BCUT2D eigenvalue weighted by Crippen LogP contribution is -2.40. The highest BCUT2D eigenvalue weighted by molar-refractivity contribution is 5.72. The average molecular weight is 257 g/mol. The molecule has 1 fully saturated rings. The minimum absolute atomic E-state index is 0.0332. The minimum Gasteiger partial charge on any atom is -0.466 e. The van der Waals surface area contributed by atoms with Gasteiger partial charge in [-0.2, -0.15) is 0 Å². The monoisotopic (exact) mass is 257 g/mol. The fourth-order valence-corrected chi connectivity index (χ4v) is 2.25. The predicted octanol–water partition coefficient (Wildman–Crippen LogP) is 2.08. The van der Waals surface area contributed by atoms with Crippen molar-refractivity contribution in [2.24, 2.45) is 5.92 Å². The van der Waals surface area contributed by atoms with Gasteiger partial charge in [-0.15, -0.1) is 0 Å². The van der Waals surface area contributed by atoms with E-state index in [4.69, 9.17) is 9.47 Å². The van der Waals surface area contributed by atoms with Gasteiger partial charge in [0.05, 0.1) is 19.1 Å². The van der Waals surface area contributed by atoms with Crippen molar-refractivity contribution in [2.75, 3.05) is 39.5 Å². The van der Waals surface area contributed by atoms with E-state index in [2.05, 4.69) is 11.8 Å². The number of esters is 1. The fourth-order valence-electron chi connectivity index (χ4n) is 2.25. The molecule has 18 heavy (non-hydrogen) atoms. The zero-order valence-electron chi connectivity index (χ0n) is 11.8. The summed E-state index contributed by atoms with van der Waals surface area (Å²) < 4.78 is 10.7. The van der Waals surface area contributed by atoms with Crippen LogP contribution in [0.5, 0.6) is 0 Å². The van der Waals surface area contributed by atoms with Crippen LogP contribution in [0.15, 0.2) is 0 Å². The van der Waals surface area contributed by atoms with E-state index >= 15 is 0 Å². The second-order valence-electron chi connectivity index (χ2n) is 4.86. The molecule has 1 rings (SSSR count). The molecule has 4 heteroatoms. The van der Waals surface area contributed by atoms with Crippen molar-refractivity contribution in [3.05, 3.63) is 0 Å². The Bertz CT molecular complexity index is 233. The molecule has 1 saturated heterocycles. The summed E-state index contributed by atoms with van der Waals surface area (Å²) >= 11 is 0. The lowest BCUT2D eigenvalue weighted by molar-refractivity contribution is -0.150. The molecule has 1 aliphatic heterocycles. The maximum atomic E-state index is 11.7. The summed E-state index contributed by atoms with van der Waals surface area (Å²) in [5, 5.41) is 0. The van der Waals surface area contributed by atoms with Crippen LogP contribution in [0.1, 0.15) is 39.5 Å².